The minimum Gasteiger partial charge on any atom is -0.369 e. The van der Waals surface area contributed by atoms with Crippen LogP contribution in [0.15, 0.2) is 36.7 Å². The monoisotopic (exact) mass is 242 g/mol. The van der Waals surface area contributed by atoms with Crippen LogP contribution >= 0.6 is 0 Å². The van der Waals surface area contributed by atoms with Gasteiger partial charge in [-0.3, -0.25) is 9.55 Å². The van der Waals surface area contributed by atoms with E-state index in [0.29, 0.717) is 17.2 Å². The number of aryl methyl sites for hydroxylation is 1. The lowest BCUT2D eigenvalue weighted by atomic mass is 10.2. The molecule has 18 heavy (non-hydrogen) atoms. The van der Waals surface area contributed by atoms with Gasteiger partial charge in [-0.25, -0.2) is 9.37 Å². The standard InChI is InChI=1S/C13H11FN4/c1-8-4-9(14)6-10(5-8)18-12-2-3-16-7-11(12)17-13(18)15/h2-7H,1H3,(H2,15,17). The summed E-state index contributed by atoms with van der Waals surface area (Å²) in [5.41, 5.74) is 8.89. The van der Waals surface area contributed by atoms with Gasteiger partial charge < -0.3 is 5.73 Å². The molecule has 4 nitrogen and oxygen atoms in total. The topological polar surface area (TPSA) is 56.7 Å². The molecule has 0 bridgehead atoms. The predicted octanol–water partition coefficient (Wildman–Crippen LogP) is 2.45. The highest BCUT2D eigenvalue weighted by molar-refractivity contribution is 5.79. The van der Waals surface area contributed by atoms with Crippen LogP contribution in [0.1, 0.15) is 5.56 Å². The Bertz CT molecular complexity index is 713. The molecule has 0 saturated carbocycles. The van der Waals surface area contributed by atoms with Gasteiger partial charge in [0.15, 0.2) is 0 Å². The molecule has 0 amide bonds. The summed E-state index contributed by atoms with van der Waals surface area (Å²) in [7, 11) is 0. The van der Waals surface area contributed by atoms with Crippen molar-refractivity contribution in [3.8, 4) is 5.69 Å². The molecular weight excluding hydrogens is 231 g/mol. The number of nitrogens with two attached hydrogens (primary N) is 1. The summed E-state index contributed by atoms with van der Waals surface area (Å²) >= 11 is 0. The molecular formula is C13H11FN4. The third kappa shape index (κ3) is 1.60. The molecule has 0 aliphatic heterocycles. The van der Waals surface area contributed by atoms with Crippen molar-refractivity contribution in [1.82, 2.24) is 14.5 Å². The highest BCUT2D eigenvalue weighted by Crippen LogP contribution is 2.23. The Morgan fingerprint density at radius 2 is 2.11 bits per heavy atom. The maximum atomic E-state index is 13.5. The molecule has 3 rings (SSSR count). The normalized spacial score (nSPS) is 11.0. The van der Waals surface area contributed by atoms with E-state index < -0.39 is 0 Å². The molecule has 0 unspecified atom stereocenters. The van der Waals surface area contributed by atoms with Crippen molar-refractivity contribution < 1.29 is 4.39 Å². The van der Waals surface area contributed by atoms with E-state index in [1.54, 1.807) is 23.0 Å². The number of benzene rings is 1. The number of pyridine rings is 1. The predicted molar refractivity (Wildman–Crippen MR) is 68.0 cm³/mol. The van der Waals surface area contributed by atoms with Crippen LogP contribution in [0.3, 0.4) is 0 Å². The molecule has 0 radical (unpaired) electrons. The van der Waals surface area contributed by atoms with E-state index in [1.807, 2.05) is 13.0 Å². The second kappa shape index (κ2) is 3.80. The minimum absolute atomic E-state index is 0.291. The summed E-state index contributed by atoms with van der Waals surface area (Å²) in [5.74, 6) is 0.0308. The average molecular weight is 242 g/mol. The Morgan fingerprint density at radius 3 is 2.89 bits per heavy atom. The highest BCUT2D eigenvalue weighted by Gasteiger charge is 2.10. The fourth-order valence-corrected chi connectivity index (χ4v) is 2.07. The van der Waals surface area contributed by atoms with E-state index >= 15 is 0 Å². The van der Waals surface area contributed by atoms with Crippen molar-refractivity contribution in [2.45, 2.75) is 6.92 Å². The summed E-state index contributed by atoms with van der Waals surface area (Å²) in [5, 5.41) is 0. The van der Waals surface area contributed by atoms with Gasteiger partial charge in [0.1, 0.15) is 11.3 Å². The number of nitrogen functional groups attached to an aromatic ring is 1. The van der Waals surface area contributed by atoms with Gasteiger partial charge in [-0.15, -0.1) is 0 Å². The second-order valence-electron chi connectivity index (χ2n) is 4.16. The number of nitrogens with zero attached hydrogens (tertiary/aromatic N) is 3. The summed E-state index contributed by atoms with van der Waals surface area (Å²) in [4.78, 5) is 8.20. The lowest BCUT2D eigenvalue weighted by molar-refractivity contribution is 0.625. The Morgan fingerprint density at radius 1 is 1.28 bits per heavy atom. The number of hydrogen-bond acceptors (Lipinski definition) is 3. The van der Waals surface area contributed by atoms with Crippen LogP contribution in [0.4, 0.5) is 10.3 Å². The van der Waals surface area contributed by atoms with Crippen molar-refractivity contribution in [1.29, 1.82) is 0 Å². The summed E-state index contributed by atoms with van der Waals surface area (Å²) in [6.45, 7) is 1.84. The second-order valence-corrected chi connectivity index (χ2v) is 4.16. The quantitative estimate of drug-likeness (QED) is 0.713. The van der Waals surface area contributed by atoms with Crippen LogP contribution in [-0.2, 0) is 0 Å². The van der Waals surface area contributed by atoms with Gasteiger partial charge in [-0.1, -0.05) is 0 Å². The lowest BCUT2D eigenvalue weighted by Crippen LogP contribution is -2.01. The Labute approximate surface area is 103 Å². The highest BCUT2D eigenvalue weighted by atomic mass is 19.1. The zero-order valence-corrected chi connectivity index (χ0v) is 9.76. The molecule has 2 aromatic heterocycles. The van der Waals surface area contributed by atoms with Crippen molar-refractivity contribution in [2.24, 2.45) is 0 Å². The van der Waals surface area contributed by atoms with Crippen molar-refractivity contribution in [2.75, 3.05) is 5.73 Å². The van der Waals surface area contributed by atoms with Crippen LogP contribution in [-0.4, -0.2) is 14.5 Å². The van der Waals surface area contributed by atoms with Crippen LogP contribution in [0, 0.1) is 12.7 Å². The summed E-state index contributed by atoms with van der Waals surface area (Å²) < 4.78 is 15.2. The number of imidazole rings is 1. The maximum Gasteiger partial charge on any atom is 0.205 e. The number of anilines is 1. The number of halogens is 1. The summed E-state index contributed by atoms with van der Waals surface area (Å²) in [6, 6.07) is 6.57. The molecule has 5 heteroatoms. The Balaban J connectivity index is 2.34. The van der Waals surface area contributed by atoms with Gasteiger partial charge >= 0.3 is 0 Å². The summed E-state index contributed by atoms with van der Waals surface area (Å²) in [6.07, 6.45) is 3.29. The minimum atomic E-state index is -0.291. The first kappa shape index (κ1) is 10.7. The molecule has 1 aromatic carbocycles. The van der Waals surface area contributed by atoms with Crippen LogP contribution in [0.2, 0.25) is 0 Å². The molecule has 2 N–H and O–H groups in total. The molecule has 2 heterocycles. The van der Waals surface area contributed by atoms with E-state index in [2.05, 4.69) is 9.97 Å². The van der Waals surface area contributed by atoms with Gasteiger partial charge in [-0.05, 0) is 36.8 Å². The lowest BCUT2D eigenvalue weighted by Gasteiger charge is -2.07. The molecule has 90 valence electrons. The smallest absolute Gasteiger partial charge is 0.205 e. The van der Waals surface area contributed by atoms with Gasteiger partial charge in [0.2, 0.25) is 5.95 Å². The van der Waals surface area contributed by atoms with E-state index in [4.69, 9.17) is 5.73 Å². The molecule has 0 fully saturated rings. The molecule has 3 aromatic rings. The first-order valence-electron chi connectivity index (χ1n) is 5.50. The number of fused-ring (bicyclic) bond motifs is 1. The third-order valence-electron chi connectivity index (χ3n) is 2.77. The first-order valence-corrected chi connectivity index (χ1v) is 5.50. The number of aromatic nitrogens is 3. The van der Waals surface area contributed by atoms with Crippen LogP contribution in [0.5, 0.6) is 0 Å². The molecule has 0 spiro atoms. The van der Waals surface area contributed by atoms with Crippen LogP contribution in [0.25, 0.3) is 16.7 Å². The van der Waals surface area contributed by atoms with Gasteiger partial charge in [0, 0.05) is 6.20 Å². The van der Waals surface area contributed by atoms with Crippen molar-refractivity contribution in [3.63, 3.8) is 0 Å². The zero-order valence-electron chi connectivity index (χ0n) is 9.76. The zero-order chi connectivity index (χ0) is 12.7. The molecule has 0 aliphatic carbocycles. The SMILES string of the molecule is Cc1cc(F)cc(-n2c(N)nc3cnccc32)c1. The van der Waals surface area contributed by atoms with Crippen molar-refractivity contribution in [3.05, 3.63) is 48.0 Å². The molecule has 0 aliphatic rings. The van der Waals surface area contributed by atoms with E-state index in [-0.39, 0.29) is 5.82 Å². The fourth-order valence-electron chi connectivity index (χ4n) is 2.07. The van der Waals surface area contributed by atoms with Crippen LogP contribution < -0.4 is 5.73 Å². The number of hydrogen-bond donors (Lipinski definition) is 1. The molecule has 0 atom stereocenters. The largest absolute Gasteiger partial charge is 0.369 e. The van der Waals surface area contributed by atoms with Gasteiger partial charge in [0.05, 0.1) is 17.4 Å². The Hall–Kier alpha value is -2.43. The van der Waals surface area contributed by atoms with E-state index in [1.165, 1.54) is 12.1 Å². The van der Waals surface area contributed by atoms with E-state index in [0.717, 1.165) is 11.1 Å². The maximum absolute atomic E-state index is 13.5. The Kier molecular flexibility index (Phi) is 2.26. The number of rotatable bonds is 1. The third-order valence-corrected chi connectivity index (χ3v) is 2.77. The molecule has 0 saturated heterocycles. The first-order chi connectivity index (χ1) is 8.65. The van der Waals surface area contributed by atoms with Crippen molar-refractivity contribution >= 4 is 17.0 Å². The van der Waals surface area contributed by atoms with Gasteiger partial charge in [0.25, 0.3) is 0 Å². The fraction of sp³-hybridized carbons (Fsp3) is 0.0769. The average Bonchev–Trinajstić information content (AvgIpc) is 2.63. The van der Waals surface area contributed by atoms with E-state index in [9.17, 15) is 4.39 Å². The van der Waals surface area contributed by atoms with Gasteiger partial charge in [-0.2, -0.15) is 0 Å².